The first-order valence-electron chi connectivity index (χ1n) is 9.18. The first-order valence-corrected chi connectivity index (χ1v) is 9.97. The fourth-order valence-corrected chi connectivity index (χ4v) is 1.92. The molecule has 2 N–H and O–H groups in total. The lowest BCUT2D eigenvalue weighted by atomic mass is 9.80. The summed E-state index contributed by atoms with van der Waals surface area (Å²) in [7, 11) is -1.81. The van der Waals surface area contributed by atoms with Crippen molar-refractivity contribution in [2.24, 2.45) is 0 Å². The molecule has 0 bridgehead atoms. The maximum absolute atomic E-state index is 12.2. The van der Waals surface area contributed by atoms with Gasteiger partial charge in [0.2, 0.25) is 0 Å². The Morgan fingerprint density at radius 2 is 1.08 bits per heavy atom. The maximum Gasteiger partial charge on any atom is 0.573 e. The van der Waals surface area contributed by atoms with Crippen LogP contribution in [0.3, 0.4) is 0 Å². The van der Waals surface area contributed by atoms with Crippen LogP contribution >= 0.6 is 15.9 Å². The van der Waals surface area contributed by atoms with Crippen LogP contribution in [-0.4, -0.2) is 42.2 Å². The van der Waals surface area contributed by atoms with E-state index in [0.717, 1.165) is 30.3 Å². The summed E-state index contributed by atoms with van der Waals surface area (Å²) in [5.41, 5.74) is -1.77. The molecule has 2 rings (SSSR count). The topological polar surface area (TPSA) is 58.9 Å². The van der Waals surface area contributed by atoms with Gasteiger partial charge in [0.05, 0.1) is 10.1 Å². The van der Waals surface area contributed by atoms with Crippen LogP contribution in [0.15, 0.2) is 66.2 Å². The standard InChI is InChI=1S/C10H6F6O.C7H6BF3O3.C3H2BrF3/c1-6(9(11,12)13)7-3-2-4-8(5-7)17-10(14,15)16;9-7(10,11)14-6-3-1-2-5(4-6)8(12)13;1-2(4)3(5,6)7/h2-5H,1H2;1-4,12-13H;1H2. The highest BCUT2D eigenvalue weighted by Crippen LogP contribution is 2.34. The zero-order chi connectivity index (χ0) is 30.1. The van der Waals surface area contributed by atoms with Gasteiger partial charge in [0.15, 0.2) is 0 Å². The average Bonchev–Trinajstić information content (AvgIpc) is 2.70. The number of alkyl halides is 12. The van der Waals surface area contributed by atoms with Gasteiger partial charge in [-0.15, -0.1) is 26.3 Å². The molecule has 4 nitrogen and oxygen atoms in total. The average molecular weight is 637 g/mol. The summed E-state index contributed by atoms with van der Waals surface area (Å²) in [5, 5.41) is 17.3. The highest BCUT2D eigenvalue weighted by Gasteiger charge is 2.35. The fraction of sp³-hybridized carbons (Fsp3) is 0.200. The van der Waals surface area contributed by atoms with E-state index in [0.29, 0.717) is 6.07 Å². The molecule has 0 atom stereocenters. The number of hydrogen-bond donors (Lipinski definition) is 2. The van der Waals surface area contributed by atoms with Crippen molar-refractivity contribution in [1.82, 2.24) is 0 Å². The Bertz CT molecular complexity index is 1060. The molecule has 0 unspecified atom stereocenters. The predicted molar refractivity (Wildman–Crippen MR) is 115 cm³/mol. The molecule has 38 heavy (non-hydrogen) atoms. The van der Waals surface area contributed by atoms with E-state index in [4.69, 9.17) is 10.0 Å². The Morgan fingerprint density at radius 1 is 0.684 bits per heavy atom. The molecule has 0 heterocycles. The van der Waals surface area contributed by atoms with E-state index >= 15 is 0 Å². The van der Waals surface area contributed by atoms with E-state index in [1.54, 1.807) is 0 Å². The van der Waals surface area contributed by atoms with Gasteiger partial charge in [-0.1, -0.05) is 37.4 Å². The molecule has 0 saturated heterocycles. The van der Waals surface area contributed by atoms with Crippen LogP contribution in [0.5, 0.6) is 11.5 Å². The largest absolute Gasteiger partial charge is 0.573 e. The van der Waals surface area contributed by atoms with Crippen LogP contribution in [0.4, 0.5) is 52.7 Å². The van der Waals surface area contributed by atoms with Crippen LogP contribution in [0, 0.1) is 0 Å². The second-order valence-electron chi connectivity index (χ2n) is 6.45. The molecule has 0 aliphatic rings. The number of rotatable bonds is 4. The van der Waals surface area contributed by atoms with E-state index in [9.17, 15) is 52.7 Å². The molecule has 0 spiro atoms. The van der Waals surface area contributed by atoms with E-state index in [-0.39, 0.29) is 5.46 Å². The van der Waals surface area contributed by atoms with Gasteiger partial charge >= 0.3 is 32.2 Å². The van der Waals surface area contributed by atoms with Crippen molar-refractivity contribution in [2.75, 3.05) is 0 Å². The number of allylic oxidation sites excluding steroid dienone is 2. The van der Waals surface area contributed by atoms with E-state index in [2.05, 4.69) is 38.6 Å². The van der Waals surface area contributed by atoms with Gasteiger partial charge in [-0.25, -0.2) is 0 Å². The van der Waals surface area contributed by atoms with E-state index in [1.165, 1.54) is 12.1 Å². The highest BCUT2D eigenvalue weighted by molar-refractivity contribution is 9.11. The molecule has 0 aliphatic heterocycles. The summed E-state index contributed by atoms with van der Waals surface area (Å²) in [6.45, 7) is 5.39. The van der Waals surface area contributed by atoms with E-state index < -0.39 is 59.3 Å². The summed E-state index contributed by atoms with van der Waals surface area (Å²) < 4.78 is 147. The van der Waals surface area contributed by atoms with Gasteiger partial charge in [-0.05, 0) is 51.2 Å². The van der Waals surface area contributed by atoms with Crippen molar-refractivity contribution < 1.29 is 72.2 Å². The van der Waals surface area contributed by atoms with Crippen LogP contribution in [-0.2, 0) is 0 Å². The minimum Gasteiger partial charge on any atom is -0.423 e. The molecular formula is C20H14BBrF12O4. The third-order valence-corrected chi connectivity index (χ3v) is 3.91. The lowest BCUT2D eigenvalue weighted by Gasteiger charge is -2.12. The third kappa shape index (κ3) is 15.4. The van der Waals surface area contributed by atoms with Crippen molar-refractivity contribution in [2.45, 2.75) is 25.1 Å². The van der Waals surface area contributed by atoms with Crippen LogP contribution < -0.4 is 14.9 Å². The van der Waals surface area contributed by atoms with Gasteiger partial charge in [-0.2, -0.15) is 26.3 Å². The smallest absolute Gasteiger partial charge is 0.423 e. The first-order chi connectivity index (χ1) is 16.9. The summed E-state index contributed by atoms with van der Waals surface area (Å²) in [5.74, 6) is -1.21. The lowest BCUT2D eigenvalue weighted by Crippen LogP contribution is -2.30. The normalized spacial score (nSPS) is 11.8. The maximum atomic E-state index is 12.2. The summed E-state index contributed by atoms with van der Waals surface area (Å²) in [6.07, 6.45) is -18.7. The minimum absolute atomic E-state index is 0.0632. The molecule has 0 saturated carbocycles. The Balaban J connectivity index is 0.000000587. The Morgan fingerprint density at radius 3 is 1.42 bits per heavy atom. The lowest BCUT2D eigenvalue weighted by molar-refractivity contribution is -0.275. The Labute approximate surface area is 215 Å². The second-order valence-corrected chi connectivity index (χ2v) is 7.41. The molecule has 2 aromatic rings. The Kier molecular flexibility index (Phi) is 12.8. The SMILES string of the molecule is C=C(Br)C(F)(F)F.C=C(c1cccc(OC(F)(F)F)c1)C(F)(F)F.OB(O)c1cccc(OC(F)(F)F)c1. The molecule has 0 aliphatic carbocycles. The zero-order valence-electron chi connectivity index (χ0n) is 18.2. The summed E-state index contributed by atoms with van der Waals surface area (Å²) in [4.78, 5) is 0. The van der Waals surface area contributed by atoms with Gasteiger partial charge < -0.3 is 19.5 Å². The van der Waals surface area contributed by atoms with Crippen molar-refractivity contribution >= 4 is 34.1 Å². The molecule has 0 amide bonds. The van der Waals surface area contributed by atoms with Gasteiger partial charge in [0, 0.05) is 0 Å². The van der Waals surface area contributed by atoms with Crippen molar-refractivity contribution in [3.8, 4) is 11.5 Å². The molecule has 212 valence electrons. The van der Waals surface area contributed by atoms with Crippen LogP contribution in [0.2, 0.25) is 0 Å². The number of benzene rings is 2. The quantitative estimate of drug-likeness (QED) is 0.284. The number of hydrogen-bond acceptors (Lipinski definition) is 4. The summed E-state index contributed by atoms with van der Waals surface area (Å²) >= 11 is 2.18. The molecular weight excluding hydrogens is 623 g/mol. The van der Waals surface area contributed by atoms with Gasteiger partial charge in [0.25, 0.3) is 0 Å². The van der Waals surface area contributed by atoms with E-state index in [1.807, 2.05) is 0 Å². The van der Waals surface area contributed by atoms with Crippen LogP contribution in [0.1, 0.15) is 5.56 Å². The van der Waals surface area contributed by atoms with Crippen molar-refractivity contribution in [3.05, 3.63) is 71.7 Å². The third-order valence-electron chi connectivity index (χ3n) is 3.46. The Hall–Kier alpha value is -2.86. The predicted octanol–water partition coefficient (Wildman–Crippen LogP) is 6.88. The van der Waals surface area contributed by atoms with Gasteiger partial charge in [-0.3, -0.25) is 0 Å². The summed E-state index contributed by atoms with van der Waals surface area (Å²) in [6, 6.07) is 8.03. The van der Waals surface area contributed by atoms with Crippen molar-refractivity contribution in [1.29, 1.82) is 0 Å². The molecule has 2 aromatic carbocycles. The number of halogens is 13. The zero-order valence-corrected chi connectivity index (χ0v) is 19.8. The fourth-order valence-electron chi connectivity index (χ4n) is 1.92. The highest BCUT2D eigenvalue weighted by atomic mass is 79.9. The molecule has 18 heteroatoms. The second kappa shape index (κ2) is 13.8. The molecule has 0 fully saturated rings. The van der Waals surface area contributed by atoms with Crippen molar-refractivity contribution in [3.63, 3.8) is 0 Å². The number of ether oxygens (including phenoxy) is 2. The molecule has 0 aromatic heterocycles. The van der Waals surface area contributed by atoms with Gasteiger partial charge in [0.1, 0.15) is 11.5 Å². The molecule has 0 radical (unpaired) electrons. The monoisotopic (exact) mass is 636 g/mol. The van der Waals surface area contributed by atoms with Crippen LogP contribution in [0.25, 0.3) is 5.57 Å². The minimum atomic E-state index is -4.95. The first kappa shape index (κ1) is 35.1.